The van der Waals surface area contributed by atoms with Crippen LogP contribution in [-0.2, 0) is 0 Å². The molecule has 1 nitrogen and oxygen atoms in total. The minimum absolute atomic E-state index is 0.0165. The van der Waals surface area contributed by atoms with Crippen LogP contribution in [0, 0.1) is 11.6 Å². The summed E-state index contributed by atoms with van der Waals surface area (Å²) in [5.74, 6) is -1.84. The minimum atomic E-state index is -0.926. The molecule has 0 atom stereocenters. The predicted molar refractivity (Wildman–Crippen MR) is 63.7 cm³/mol. The molecule has 0 saturated carbocycles. The van der Waals surface area contributed by atoms with Gasteiger partial charge in [-0.2, -0.15) is 4.39 Å². The highest BCUT2D eigenvalue weighted by molar-refractivity contribution is 9.10. The molecule has 1 aromatic carbocycles. The fourth-order valence-corrected chi connectivity index (χ4v) is 1.64. The van der Waals surface area contributed by atoms with Crippen LogP contribution in [0.15, 0.2) is 16.6 Å². The number of ether oxygens (including phenoxy) is 1. The second-order valence-electron chi connectivity index (χ2n) is 3.58. The van der Waals surface area contributed by atoms with Crippen LogP contribution in [0.4, 0.5) is 8.78 Å². The van der Waals surface area contributed by atoms with Crippen molar-refractivity contribution in [1.29, 1.82) is 0 Å². The second-order valence-corrected chi connectivity index (χ2v) is 4.44. The van der Waals surface area contributed by atoms with E-state index in [4.69, 9.17) is 4.74 Å². The Morgan fingerprint density at radius 3 is 2.56 bits per heavy atom. The highest BCUT2D eigenvalue weighted by atomic mass is 79.9. The average Bonchev–Trinajstić information content (AvgIpc) is 2.28. The van der Waals surface area contributed by atoms with Gasteiger partial charge in [0.25, 0.3) is 0 Å². The molecule has 16 heavy (non-hydrogen) atoms. The van der Waals surface area contributed by atoms with E-state index in [-0.39, 0.29) is 10.2 Å². The molecule has 0 aromatic heterocycles. The molecule has 0 aliphatic heterocycles. The molecule has 0 spiro atoms. The van der Waals surface area contributed by atoms with Crippen molar-refractivity contribution in [2.75, 3.05) is 6.61 Å². The summed E-state index contributed by atoms with van der Waals surface area (Å²) in [5.41, 5.74) is 0. The van der Waals surface area contributed by atoms with Crippen molar-refractivity contribution in [3.8, 4) is 5.75 Å². The first-order chi connectivity index (χ1) is 7.66. The molecule has 0 unspecified atom stereocenters. The molecule has 0 amide bonds. The lowest BCUT2D eigenvalue weighted by molar-refractivity contribution is 0.285. The lowest BCUT2D eigenvalue weighted by Crippen LogP contribution is -2.00. The number of rotatable bonds is 6. The molecule has 1 aromatic rings. The molecule has 1 rings (SSSR count). The molecular weight excluding hydrogens is 278 g/mol. The molecule has 90 valence electrons. The van der Waals surface area contributed by atoms with Gasteiger partial charge in [0.05, 0.1) is 11.1 Å². The van der Waals surface area contributed by atoms with Crippen molar-refractivity contribution >= 4 is 15.9 Å². The molecule has 0 heterocycles. The van der Waals surface area contributed by atoms with E-state index in [9.17, 15) is 8.78 Å². The molecule has 0 radical (unpaired) electrons. The van der Waals surface area contributed by atoms with E-state index in [1.54, 1.807) is 0 Å². The van der Waals surface area contributed by atoms with Gasteiger partial charge in [0.2, 0.25) is 5.82 Å². The van der Waals surface area contributed by atoms with Crippen molar-refractivity contribution in [2.24, 2.45) is 0 Å². The fraction of sp³-hybridized carbons (Fsp3) is 0.500. The molecule has 0 fully saturated rings. The Morgan fingerprint density at radius 2 is 1.88 bits per heavy atom. The van der Waals surface area contributed by atoms with Gasteiger partial charge in [0.1, 0.15) is 0 Å². The van der Waals surface area contributed by atoms with Crippen molar-refractivity contribution in [1.82, 2.24) is 0 Å². The van der Waals surface area contributed by atoms with Crippen LogP contribution in [0.25, 0.3) is 0 Å². The molecule has 0 aliphatic rings. The highest BCUT2D eigenvalue weighted by Crippen LogP contribution is 2.26. The summed E-state index contributed by atoms with van der Waals surface area (Å²) >= 11 is 2.91. The quantitative estimate of drug-likeness (QED) is 0.546. The molecule has 4 heteroatoms. The van der Waals surface area contributed by atoms with Crippen molar-refractivity contribution in [2.45, 2.75) is 32.6 Å². The van der Waals surface area contributed by atoms with E-state index in [0.29, 0.717) is 6.61 Å². The van der Waals surface area contributed by atoms with Crippen molar-refractivity contribution < 1.29 is 13.5 Å². The molecule has 0 aliphatic carbocycles. The van der Waals surface area contributed by atoms with E-state index >= 15 is 0 Å². The zero-order valence-corrected chi connectivity index (χ0v) is 10.8. The average molecular weight is 293 g/mol. The summed E-state index contributed by atoms with van der Waals surface area (Å²) < 4.78 is 31.7. The minimum Gasteiger partial charge on any atom is -0.490 e. The third-order valence-electron chi connectivity index (χ3n) is 2.26. The van der Waals surface area contributed by atoms with Crippen molar-refractivity contribution in [3.05, 3.63) is 28.2 Å². The third kappa shape index (κ3) is 3.74. The smallest absolute Gasteiger partial charge is 0.201 e. The van der Waals surface area contributed by atoms with Crippen LogP contribution in [0.1, 0.15) is 32.6 Å². The van der Waals surface area contributed by atoms with E-state index in [2.05, 4.69) is 22.9 Å². The second kappa shape index (κ2) is 6.84. The lowest BCUT2D eigenvalue weighted by atomic mass is 10.2. The first kappa shape index (κ1) is 13.4. The normalized spacial score (nSPS) is 10.5. The fourth-order valence-electron chi connectivity index (χ4n) is 1.33. The van der Waals surface area contributed by atoms with Crippen LogP contribution >= 0.6 is 15.9 Å². The van der Waals surface area contributed by atoms with Crippen LogP contribution < -0.4 is 4.74 Å². The molecule has 0 bridgehead atoms. The Labute approximate surface area is 103 Å². The maximum atomic E-state index is 13.3. The Bertz CT molecular complexity index is 342. The van der Waals surface area contributed by atoms with Crippen molar-refractivity contribution in [3.63, 3.8) is 0 Å². The third-order valence-corrected chi connectivity index (χ3v) is 2.87. The van der Waals surface area contributed by atoms with Crippen LogP contribution in [-0.4, -0.2) is 6.61 Å². The lowest BCUT2D eigenvalue weighted by Gasteiger charge is -2.07. The van der Waals surface area contributed by atoms with Crippen LogP contribution in [0.2, 0.25) is 0 Å². The number of unbranched alkanes of at least 4 members (excludes halogenated alkanes) is 3. The van der Waals surface area contributed by atoms with Gasteiger partial charge in [-0.25, -0.2) is 4.39 Å². The maximum Gasteiger partial charge on any atom is 0.201 e. The topological polar surface area (TPSA) is 9.23 Å². The summed E-state index contributed by atoms with van der Waals surface area (Å²) in [5, 5.41) is 0. The summed E-state index contributed by atoms with van der Waals surface area (Å²) in [4.78, 5) is 0. The first-order valence-electron chi connectivity index (χ1n) is 5.43. The number of hydrogen-bond donors (Lipinski definition) is 0. The van der Waals surface area contributed by atoms with Crippen LogP contribution in [0.3, 0.4) is 0 Å². The molecule has 0 N–H and O–H groups in total. The van der Waals surface area contributed by atoms with Gasteiger partial charge in [0.15, 0.2) is 11.6 Å². The molecular formula is C12H15BrF2O. The van der Waals surface area contributed by atoms with Gasteiger partial charge in [-0.3, -0.25) is 0 Å². The van der Waals surface area contributed by atoms with Crippen LogP contribution in [0.5, 0.6) is 5.75 Å². The standard InChI is InChI=1S/C12H15BrF2O/c1-2-3-4-5-8-16-10-7-6-9(13)11(14)12(10)15/h6-7H,2-5,8H2,1H3. The predicted octanol–water partition coefficient (Wildman–Crippen LogP) is 4.69. The highest BCUT2D eigenvalue weighted by Gasteiger charge is 2.12. The summed E-state index contributed by atoms with van der Waals surface area (Å²) in [6, 6.07) is 2.88. The first-order valence-corrected chi connectivity index (χ1v) is 6.22. The van der Waals surface area contributed by atoms with E-state index in [1.165, 1.54) is 12.1 Å². The number of hydrogen-bond acceptors (Lipinski definition) is 1. The summed E-state index contributed by atoms with van der Waals surface area (Å²) in [6.07, 6.45) is 4.20. The number of benzene rings is 1. The van der Waals surface area contributed by atoms with Gasteiger partial charge < -0.3 is 4.74 Å². The van der Waals surface area contributed by atoms with Gasteiger partial charge in [-0.15, -0.1) is 0 Å². The van der Waals surface area contributed by atoms with E-state index in [0.717, 1.165) is 25.7 Å². The van der Waals surface area contributed by atoms with Gasteiger partial charge >= 0.3 is 0 Å². The number of halogens is 3. The van der Waals surface area contributed by atoms with Gasteiger partial charge in [0, 0.05) is 0 Å². The zero-order valence-electron chi connectivity index (χ0n) is 9.23. The van der Waals surface area contributed by atoms with E-state index < -0.39 is 11.6 Å². The SMILES string of the molecule is CCCCCCOc1ccc(Br)c(F)c1F. The Hall–Kier alpha value is -0.640. The summed E-state index contributed by atoms with van der Waals surface area (Å²) in [6.45, 7) is 2.54. The largest absolute Gasteiger partial charge is 0.490 e. The maximum absolute atomic E-state index is 13.3. The zero-order chi connectivity index (χ0) is 12.0. The summed E-state index contributed by atoms with van der Waals surface area (Å²) in [7, 11) is 0. The van der Waals surface area contributed by atoms with E-state index in [1.807, 2.05) is 0 Å². The Balaban J connectivity index is 2.45. The van der Waals surface area contributed by atoms with Gasteiger partial charge in [-0.1, -0.05) is 26.2 Å². The Kier molecular flexibility index (Phi) is 5.74. The molecule has 0 saturated heterocycles. The Morgan fingerprint density at radius 1 is 1.12 bits per heavy atom. The van der Waals surface area contributed by atoms with Gasteiger partial charge in [-0.05, 0) is 34.5 Å². The monoisotopic (exact) mass is 292 g/mol.